The van der Waals surface area contributed by atoms with E-state index < -0.39 is 11.1 Å². The number of carbonyl (C=O) groups excluding carboxylic acids is 1. The molecule has 0 saturated heterocycles. The molecule has 1 aromatic heterocycles. The average molecular weight is 448 g/mol. The third-order valence-electron chi connectivity index (χ3n) is 5.15. The van der Waals surface area contributed by atoms with E-state index in [0.29, 0.717) is 27.3 Å². The second-order valence-corrected chi connectivity index (χ2v) is 8.70. The van der Waals surface area contributed by atoms with Gasteiger partial charge in [-0.2, -0.15) is 0 Å². The van der Waals surface area contributed by atoms with E-state index in [1.807, 2.05) is 30.3 Å². The highest BCUT2D eigenvalue weighted by Gasteiger charge is 2.27. The maximum atomic E-state index is 14.4. The number of benzene rings is 3. The molecule has 0 radical (unpaired) electrons. The fourth-order valence-corrected chi connectivity index (χ4v) is 4.63. The van der Waals surface area contributed by atoms with Crippen LogP contribution in [0.3, 0.4) is 0 Å². The van der Waals surface area contributed by atoms with E-state index in [1.54, 1.807) is 57.4 Å². The topological polar surface area (TPSA) is 55.2 Å². The summed E-state index contributed by atoms with van der Waals surface area (Å²) in [7, 11) is 3.38. The molecule has 0 spiro atoms. The minimum absolute atomic E-state index is 0.134. The number of amides is 1. The van der Waals surface area contributed by atoms with Gasteiger partial charge in [-0.25, -0.2) is 9.37 Å². The number of nitrogens with zero attached hydrogens (tertiary/aromatic N) is 3. The zero-order valence-corrected chi connectivity index (χ0v) is 18.8. The molecule has 4 rings (SSSR count). The van der Waals surface area contributed by atoms with E-state index in [2.05, 4.69) is 0 Å². The summed E-state index contributed by atoms with van der Waals surface area (Å²) >= 11 is 1.18. The van der Waals surface area contributed by atoms with Gasteiger partial charge in [0.2, 0.25) is 5.91 Å². The van der Waals surface area contributed by atoms with Gasteiger partial charge in [-0.15, -0.1) is 0 Å². The Morgan fingerprint density at radius 2 is 1.72 bits per heavy atom. The summed E-state index contributed by atoms with van der Waals surface area (Å²) in [4.78, 5) is 32.8. The van der Waals surface area contributed by atoms with Crippen LogP contribution in [0.1, 0.15) is 16.4 Å². The lowest BCUT2D eigenvalue weighted by Gasteiger charge is -2.22. The first-order valence-electron chi connectivity index (χ1n) is 10.1. The van der Waals surface area contributed by atoms with Crippen molar-refractivity contribution in [3.8, 4) is 5.69 Å². The second-order valence-electron chi connectivity index (χ2n) is 7.63. The average Bonchev–Trinajstić information content (AvgIpc) is 2.79. The van der Waals surface area contributed by atoms with Crippen molar-refractivity contribution in [3.05, 3.63) is 100 Å². The maximum Gasteiger partial charge on any atom is 0.266 e. The summed E-state index contributed by atoms with van der Waals surface area (Å²) < 4.78 is 15.8. The lowest BCUT2D eigenvalue weighted by atomic mass is 10.1. The van der Waals surface area contributed by atoms with Crippen molar-refractivity contribution >= 4 is 28.6 Å². The molecule has 0 aliphatic heterocycles. The smallest absolute Gasteiger partial charge is 0.266 e. The molecule has 3 aromatic carbocycles. The molecule has 0 aliphatic rings. The minimum Gasteiger partial charge on any atom is -0.348 e. The molecular formula is C25H22FN3O2S. The molecule has 32 heavy (non-hydrogen) atoms. The Morgan fingerprint density at radius 1 is 1.03 bits per heavy atom. The Labute approximate surface area is 189 Å². The van der Waals surface area contributed by atoms with E-state index in [4.69, 9.17) is 4.98 Å². The minimum atomic E-state index is -0.624. The molecule has 7 heteroatoms. The molecule has 0 N–H and O–H groups in total. The second kappa shape index (κ2) is 8.96. The number of hydrogen-bond donors (Lipinski definition) is 0. The molecular weight excluding hydrogens is 425 g/mol. The van der Waals surface area contributed by atoms with Crippen LogP contribution in [0, 0.1) is 12.7 Å². The van der Waals surface area contributed by atoms with E-state index >= 15 is 0 Å². The third-order valence-corrected chi connectivity index (χ3v) is 6.34. The third kappa shape index (κ3) is 4.16. The molecule has 1 heterocycles. The molecule has 1 unspecified atom stereocenters. The Balaban J connectivity index is 1.95. The van der Waals surface area contributed by atoms with Gasteiger partial charge in [-0.3, -0.25) is 14.2 Å². The lowest BCUT2D eigenvalue weighted by Crippen LogP contribution is -2.28. The Morgan fingerprint density at radius 3 is 2.41 bits per heavy atom. The fraction of sp³-hybridized carbons (Fsp3) is 0.160. The van der Waals surface area contributed by atoms with E-state index in [-0.39, 0.29) is 11.5 Å². The lowest BCUT2D eigenvalue weighted by molar-refractivity contribution is -0.128. The standard InChI is InChI=1S/C25H22FN3O2S/c1-16-13-14-18(15-20(16)26)29-23(30)19-11-7-8-12-21(19)27-25(29)32-22(24(31)28(2)3)17-9-5-4-6-10-17/h4-15,22H,1-3H3. The van der Waals surface area contributed by atoms with Gasteiger partial charge >= 0.3 is 0 Å². The van der Waals surface area contributed by atoms with Crippen molar-refractivity contribution < 1.29 is 9.18 Å². The van der Waals surface area contributed by atoms with Crippen molar-refractivity contribution in [2.24, 2.45) is 0 Å². The van der Waals surface area contributed by atoms with Crippen LogP contribution in [0.2, 0.25) is 0 Å². The predicted molar refractivity (Wildman–Crippen MR) is 126 cm³/mol. The largest absolute Gasteiger partial charge is 0.348 e. The van der Waals surface area contributed by atoms with Crippen LogP contribution in [-0.2, 0) is 4.79 Å². The molecule has 1 atom stereocenters. The molecule has 0 aliphatic carbocycles. The first-order chi connectivity index (χ1) is 15.4. The molecule has 0 bridgehead atoms. The van der Waals surface area contributed by atoms with Gasteiger partial charge < -0.3 is 4.90 Å². The maximum absolute atomic E-state index is 14.4. The van der Waals surface area contributed by atoms with Gasteiger partial charge in [0, 0.05) is 14.1 Å². The number of fused-ring (bicyclic) bond motifs is 1. The Hall–Kier alpha value is -3.45. The molecule has 1 amide bonds. The van der Waals surface area contributed by atoms with Crippen LogP contribution >= 0.6 is 11.8 Å². The van der Waals surface area contributed by atoms with Crippen molar-refractivity contribution in [1.82, 2.24) is 14.5 Å². The van der Waals surface area contributed by atoms with Crippen LogP contribution in [0.5, 0.6) is 0 Å². The summed E-state index contributed by atoms with van der Waals surface area (Å²) in [5.74, 6) is -0.548. The van der Waals surface area contributed by atoms with Gasteiger partial charge in [0.25, 0.3) is 5.56 Å². The zero-order chi connectivity index (χ0) is 22.8. The Kier molecular flexibility index (Phi) is 6.10. The van der Waals surface area contributed by atoms with Crippen LogP contribution < -0.4 is 5.56 Å². The van der Waals surface area contributed by atoms with E-state index in [9.17, 15) is 14.0 Å². The molecule has 0 fully saturated rings. The Bertz CT molecular complexity index is 1350. The first kappa shape index (κ1) is 21.8. The fourth-order valence-electron chi connectivity index (χ4n) is 3.37. The van der Waals surface area contributed by atoms with Crippen LogP contribution in [0.15, 0.2) is 82.7 Å². The molecule has 5 nitrogen and oxygen atoms in total. The van der Waals surface area contributed by atoms with Gasteiger partial charge in [0.15, 0.2) is 5.16 Å². The summed E-state index contributed by atoms with van der Waals surface area (Å²) in [6.07, 6.45) is 0. The van der Waals surface area contributed by atoms with Crippen molar-refractivity contribution in [2.75, 3.05) is 14.1 Å². The highest BCUT2D eigenvalue weighted by molar-refractivity contribution is 8.00. The summed E-state index contributed by atoms with van der Waals surface area (Å²) in [6.45, 7) is 1.66. The van der Waals surface area contributed by atoms with E-state index in [0.717, 1.165) is 5.56 Å². The SMILES string of the molecule is Cc1ccc(-n2c(SC(C(=O)N(C)C)c3ccccc3)nc3ccccc3c2=O)cc1F. The highest BCUT2D eigenvalue weighted by atomic mass is 32.2. The van der Waals surface area contributed by atoms with Crippen molar-refractivity contribution in [2.45, 2.75) is 17.3 Å². The monoisotopic (exact) mass is 447 g/mol. The highest BCUT2D eigenvalue weighted by Crippen LogP contribution is 2.36. The molecule has 0 saturated carbocycles. The predicted octanol–water partition coefficient (Wildman–Crippen LogP) is 4.75. The first-order valence-corrected chi connectivity index (χ1v) is 11.0. The van der Waals surface area contributed by atoms with Crippen molar-refractivity contribution in [1.29, 1.82) is 0 Å². The normalized spacial score (nSPS) is 12.0. The van der Waals surface area contributed by atoms with Crippen LogP contribution in [0.25, 0.3) is 16.6 Å². The number of para-hydroxylation sites is 1. The number of carbonyl (C=O) groups is 1. The van der Waals surface area contributed by atoms with Crippen molar-refractivity contribution in [3.63, 3.8) is 0 Å². The molecule has 162 valence electrons. The van der Waals surface area contributed by atoms with Gasteiger partial charge in [-0.1, -0.05) is 60.3 Å². The van der Waals surface area contributed by atoms with Gasteiger partial charge in [-0.05, 0) is 42.3 Å². The van der Waals surface area contributed by atoms with Crippen LogP contribution in [-0.4, -0.2) is 34.5 Å². The number of hydrogen-bond acceptors (Lipinski definition) is 4. The number of halogens is 1. The number of rotatable bonds is 5. The number of likely N-dealkylation sites (N-methyl/N-ethyl adjacent to an activating group) is 1. The van der Waals surface area contributed by atoms with Gasteiger partial charge in [0.1, 0.15) is 11.1 Å². The number of aryl methyl sites for hydroxylation is 1. The number of aromatic nitrogens is 2. The number of thioether (sulfide) groups is 1. The van der Waals surface area contributed by atoms with Crippen LogP contribution in [0.4, 0.5) is 4.39 Å². The zero-order valence-electron chi connectivity index (χ0n) is 17.9. The summed E-state index contributed by atoms with van der Waals surface area (Å²) in [5, 5.41) is 0.120. The van der Waals surface area contributed by atoms with Gasteiger partial charge in [0.05, 0.1) is 16.6 Å². The van der Waals surface area contributed by atoms with E-state index in [1.165, 1.54) is 27.3 Å². The molecule has 4 aromatic rings. The summed E-state index contributed by atoms with van der Waals surface area (Å²) in [6, 6.07) is 21.0. The quantitative estimate of drug-likeness (QED) is 0.327. The summed E-state index contributed by atoms with van der Waals surface area (Å²) in [5.41, 5.74) is 1.84.